The average molecular weight is 482 g/mol. The number of aromatic nitrogens is 3. The average Bonchev–Trinajstić information content (AvgIpc) is 3.24. The van der Waals surface area contributed by atoms with E-state index in [1.54, 1.807) is 30.5 Å². The number of aryl methyl sites for hydroxylation is 2. The fraction of sp³-hybridized carbons (Fsp3) is 0.375. The normalized spacial score (nSPS) is 18.7. The van der Waals surface area contributed by atoms with E-state index in [4.69, 9.17) is 5.73 Å². The highest BCUT2D eigenvalue weighted by molar-refractivity contribution is 5.96. The number of carbonyl (C=O) groups is 3. The van der Waals surface area contributed by atoms with Crippen LogP contribution in [-0.2, 0) is 22.4 Å². The van der Waals surface area contributed by atoms with E-state index in [0.717, 1.165) is 11.1 Å². The standard InChI is InChI=1S/C24H27N5O6/c25-24-28-19-17(21(31)29-24)16(11-26-19)9-6-12-4-7-13(8-5-12)20(30)27-18(23(34)35)14-2-1-3-15(10-14)22(32)33/h4-5,7-8,11,14-15,18H,1-3,6,9-10H2,(H,27,30)(H,32,33)(H,34,35)(H4,25,26,28,29,31). The maximum atomic E-state index is 12.7. The van der Waals surface area contributed by atoms with Gasteiger partial charge < -0.3 is 26.2 Å². The summed E-state index contributed by atoms with van der Waals surface area (Å²) in [5, 5.41) is 22.0. The highest BCUT2D eigenvalue weighted by Gasteiger charge is 2.36. The number of nitrogens with one attached hydrogen (secondary N) is 3. The number of nitrogens with two attached hydrogens (primary N) is 1. The number of carboxylic acid groups (broad SMARTS) is 2. The van der Waals surface area contributed by atoms with Crippen molar-refractivity contribution in [3.05, 3.63) is 57.5 Å². The summed E-state index contributed by atoms with van der Waals surface area (Å²) >= 11 is 0. The molecular weight excluding hydrogens is 454 g/mol. The summed E-state index contributed by atoms with van der Waals surface area (Å²) in [6.07, 6.45) is 4.80. The summed E-state index contributed by atoms with van der Waals surface area (Å²) in [4.78, 5) is 57.6. The van der Waals surface area contributed by atoms with Gasteiger partial charge in [-0.15, -0.1) is 0 Å². The van der Waals surface area contributed by atoms with Crippen LogP contribution in [0.2, 0.25) is 0 Å². The smallest absolute Gasteiger partial charge is 0.326 e. The van der Waals surface area contributed by atoms with Gasteiger partial charge in [-0.2, -0.15) is 4.98 Å². The van der Waals surface area contributed by atoms with Gasteiger partial charge in [0, 0.05) is 11.8 Å². The van der Waals surface area contributed by atoms with E-state index in [1.165, 1.54) is 0 Å². The molecule has 1 aliphatic carbocycles. The van der Waals surface area contributed by atoms with Crippen LogP contribution >= 0.6 is 0 Å². The lowest BCUT2D eigenvalue weighted by atomic mass is 9.77. The molecule has 1 amide bonds. The van der Waals surface area contributed by atoms with Gasteiger partial charge in [0.1, 0.15) is 11.7 Å². The number of hydrogen-bond donors (Lipinski definition) is 6. The van der Waals surface area contributed by atoms with Crippen molar-refractivity contribution in [3.8, 4) is 0 Å². The number of aromatic amines is 2. The molecule has 4 rings (SSSR count). The Kier molecular flexibility index (Phi) is 6.85. The van der Waals surface area contributed by atoms with Crippen LogP contribution in [0.15, 0.2) is 35.3 Å². The summed E-state index contributed by atoms with van der Waals surface area (Å²) in [6, 6.07) is 5.65. The number of amides is 1. The highest BCUT2D eigenvalue weighted by atomic mass is 16.4. The third-order valence-corrected chi connectivity index (χ3v) is 6.63. The second kappa shape index (κ2) is 10.00. The summed E-state index contributed by atoms with van der Waals surface area (Å²) in [5.41, 5.74) is 7.73. The molecule has 1 aliphatic rings. The second-order valence-corrected chi connectivity index (χ2v) is 8.94. The van der Waals surface area contributed by atoms with E-state index >= 15 is 0 Å². The van der Waals surface area contributed by atoms with Gasteiger partial charge in [0.2, 0.25) is 5.95 Å². The molecule has 3 unspecified atom stereocenters. The van der Waals surface area contributed by atoms with Crippen molar-refractivity contribution in [1.82, 2.24) is 20.3 Å². The molecule has 0 spiro atoms. The summed E-state index contributed by atoms with van der Waals surface area (Å²) in [6.45, 7) is 0. The molecule has 3 aromatic rings. The summed E-state index contributed by atoms with van der Waals surface area (Å²) < 4.78 is 0. The van der Waals surface area contributed by atoms with Crippen molar-refractivity contribution in [1.29, 1.82) is 0 Å². The van der Waals surface area contributed by atoms with Crippen LogP contribution in [-0.4, -0.2) is 49.1 Å². The predicted molar refractivity (Wildman–Crippen MR) is 127 cm³/mol. The van der Waals surface area contributed by atoms with Crippen molar-refractivity contribution in [2.75, 3.05) is 5.73 Å². The van der Waals surface area contributed by atoms with E-state index in [1.807, 2.05) is 0 Å². The van der Waals surface area contributed by atoms with Gasteiger partial charge in [-0.05, 0) is 61.3 Å². The quantitative estimate of drug-likeness (QED) is 0.280. The SMILES string of the molecule is Nc1nc2[nH]cc(CCc3ccc(C(=O)NC(C(=O)O)C4CCCC(C(=O)O)C4)cc3)c2c(=O)[nH]1. The van der Waals surface area contributed by atoms with Gasteiger partial charge in [-0.1, -0.05) is 18.6 Å². The van der Waals surface area contributed by atoms with Crippen molar-refractivity contribution in [2.45, 2.75) is 44.6 Å². The molecule has 35 heavy (non-hydrogen) atoms. The summed E-state index contributed by atoms with van der Waals surface area (Å²) in [7, 11) is 0. The minimum absolute atomic E-state index is 0.0418. The highest BCUT2D eigenvalue weighted by Crippen LogP contribution is 2.31. The fourth-order valence-electron chi connectivity index (χ4n) is 4.78. The molecule has 1 aromatic carbocycles. The van der Waals surface area contributed by atoms with Gasteiger partial charge in [0.05, 0.1) is 11.3 Å². The van der Waals surface area contributed by atoms with Crippen LogP contribution in [0.4, 0.5) is 5.95 Å². The number of carbonyl (C=O) groups excluding carboxylic acids is 1. The van der Waals surface area contributed by atoms with Gasteiger partial charge >= 0.3 is 11.9 Å². The molecule has 0 aliphatic heterocycles. The lowest BCUT2D eigenvalue weighted by molar-refractivity contribution is -0.146. The first-order chi connectivity index (χ1) is 16.7. The van der Waals surface area contributed by atoms with Crippen LogP contribution in [0.25, 0.3) is 11.0 Å². The number of carboxylic acids is 2. The first-order valence-corrected chi connectivity index (χ1v) is 11.4. The predicted octanol–water partition coefficient (Wildman–Crippen LogP) is 1.69. The lowest BCUT2D eigenvalue weighted by Gasteiger charge is -2.31. The molecule has 0 saturated heterocycles. The molecule has 2 aromatic heterocycles. The number of rotatable bonds is 8. The van der Waals surface area contributed by atoms with Crippen LogP contribution in [0.3, 0.4) is 0 Å². The monoisotopic (exact) mass is 481 g/mol. The molecule has 2 heterocycles. The Morgan fingerprint density at radius 1 is 1.14 bits per heavy atom. The van der Waals surface area contributed by atoms with E-state index in [9.17, 15) is 29.4 Å². The molecule has 0 bridgehead atoms. The topological polar surface area (TPSA) is 191 Å². The number of anilines is 1. The Balaban J connectivity index is 1.40. The Morgan fingerprint density at radius 3 is 2.57 bits per heavy atom. The first-order valence-electron chi connectivity index (χ1n) is 11.4. The molecule has 1 saturated carbocycles. The van der Waals surface area contributed by atoms with Gasteiger partial charge in [-0.3, -0.25) is 19.4 Å². The Bertz CT molecular complexity index is 1310. The molecule has 7 N–H and O–H groups in total. The zero-order valence-corrected chi connectivity index (χ0v) is 18.9. The van der Waals surface area contributed by atoms with Crippen LogP contribution < -0.4 is 16.6 Å². The van der Waals surface area contributed by atoms with E-state index in [2.05, 4.69) is 20.3 Å². The van der Waals surface area contributed by atoms with Crippen LogP contribution in [0.5, 0.6) is 0 Å². The number of hydrogen-bond acceptors (Lipinski definition) is 6. The zero-order chi connectivity index (χ0) is 25.1. The number of nitrogens with zero attached hydrogens (tertiary/aromatic N) is 1. The van der Waals surface area contributed by atoms with E-state index in [0.29, 0.717) is 48.7 Å². The van der Waals surface area contributed by atoms with Crippen molar-refractivity contribution in [3.63, 3.8) is 0 Å². The number of nitrogen functional groups attached to an aromatic ring is 1. The first kappa shape index (κ1) is 24.0. The molecule has 3 atom stereocenters. The maximum Gasteiger partial charge on any atom is 0.326 e. The Labute approximate surface area is 199 Å². The Hall–Kier alpha value is -4.15. The van der Waals surface area contributed by atoms with Crippen LogP contribution in [0, 0.1) is 11.8 Å². The number of aliphatic carboxylic acids is 2. The molecule has 1 fully saturated rings. The molecule has 0 radical (unpaired) electrons. The minimum Gasteiger partial charge on any atom is -0.481 e. The molecular formula is C24H27N5O6. The molecule has 184 valence electrons. The number of H-pyrrole nitrogens is 2. The fourth-order valence-corrected chi connectivity index (χ4v) is 4.78. The van der Waals surface area contributed by atoms with Crippen LogP contribution in [0.1, 0.15) is 47.2 Å². The van der Waals surface area contributed by atoms with Gasteiger partial charge in [0.25, 0.3) is 11.5 Å². The number of fused-ring (bicyclic) bond motifs is 1. The molecule has 11 nitrogen and oxygen atoms in total. The summed E-state index contributed by atoms with van der Waals surface area (Å²) in [5.74, 6) is -3.61. The maximum absolute atomic E-state index is 12.7. The minimum atomic E-state index is -1.17. The van der Waals surface area contributed by atoms with Crippen molar-refractivity contribution in [2.24, 2.45) is 11.8 Å². The number of benzene rings is 1. The Morgan fingerprint density at radius 2 is 1.89 bits per heavy atom. The van der Waals surface area contributed by atoms with Gasteiger partial charge in [-0.25, -0.2) is 4.79 Å². The lowest BCUT2D eigenvalue weighted by Crippen LogP contribution is -2.47. The molecule has 11 heteroatoms. The van der Waals surface area contributed by atoms with Crippen molar-refractivity contribution < 1.29 is 24.6 Å². The zero-order valence-electron chi connectivity index (χ0n) is 18.9. The second-order valence-electron chi connectivity index (χ2n) is 8.94. The van der Waals surface area contributed by atoms with Gasteiger partial charge in [0.15, 0.2) is 0 Å². The third kappa shape index (κ3) is 5.34. The third-order valence-electron chi connectivity index (χ3n) is 6.63. The van der Waals surface area contributed by atoms with Crippen molar-refractivity contribution >= 4 is 34.8 Å². The van der Waals surface area contributed by atoms with E-state index in [-0.39, 0.29) is 17.9 Å². The largest absolute Gasteiger partial charge is 0.481 e. The van der Waals surface area contributed by atoms with E-state index < -0.39 is 35.7 Å².